The van der Waals surface area contributed by atoms with Gasteiger partial charge in [0.05, 0.1) is 5.56 Å². The summed E-state index contributed by atoms with van der Waals surface area (Å²) in [7, 11) is 0. The molecule has 0 saturated carbocycles. The zero-order chi connectivity index (χ0) is 15.3. The molecule has 0 amide bonds. The van der Waals surface area contributed by atoms with Gasteiger partial charge in [-0.15, -0.1) is 0 Å². The maximum atomic E-state index is 11.0. The lowest BCUT2D eigenvalue weighted by Gasteiger charge is -1.96. The van der Waals surface area contributed by atoms with Crippen LogP contribution in [0.15, 0.2) is 23.4 Å². The van der Waals surface area contributed by atoms with Gasteiger partial charge in [0.2, 0.25) is 0 Å². The first-order valence-corrected chi connectivity index (χ1v) is 6.89. The third-order valence-corrected chi connectivity index (χ3v) is 2.00. The molecule has 1 aliphatic heterocycles. The van der Waals surface area contributed by atoms with Crippen LogP contribution in [-0.2, 0) is 17.9 Å². The Balaban J connectivity index is 0. The van der Waals surface area contributed by atoms with E-state index >= 15 is 0 Å². The molecule has 0 spiro atoms. The molecule has 108 valence electrons. The second kappa shape index (κ2) is 12.7. The average Bonchev–Trinajstić information content (AvgIpc) is 2.87. The van der Waals surface area contributed by atoms with E-state index in [0.717, 1.165) is 11.1 Å². The number of ether oxygens (including phenoxy) is 1. The Morgan fingerprint density at radius 2 is 1.68 bits per heavy atom. The van der Waals surface area contributed by atoms with Gasteiger partial charge in [0.15, 0.2) is 0 Å². The van der Waals surface area contributed by atoms with Gasteiger partial charge in [0, 0.05) is 5.56 Å². The first-order valence-electron chi connectivity index (χ1n) is 6.89. The zero-order valence-electron chi connectivity index (χ0n) is 12.8. The Kier molecular flexibility index (Phi) is 13.2. The van der Waals surface area contributed by atoms with Gasteiger partial charge in [-0.3, -0.25) is 0 Å². The summed E-state index contributed by atoms with van der Waals surface area (Å²) in [5.74, 6) is -0.291. The summed E-state index contributed by atoms with van der Waals surface area (Å²) >= 11 is 0. The fraction of sp³-hybridized carbons (Fsp3) is 0.533. The highest BCUT2D eigenvalue weighted by molar-refractivity contribution is 5.93. The second-order valence-corrected chi connectivity index (χ2v) is 2.85. The SMILES string of the molecule is CC.CC.CC.O=NCc1ccc2c(c1)COC2=O. The van der Waals surface area contributed by atoms with E-state index in [4.69, 9.17) is 4.74 Å². The molecule has 4 nitrogen and oxygen atoms in total. The molecule has 4 heteroatoms. The summed E-state index contributed by atoms with van der Waals surface area (Å²) in [5.41, 5.74) is 2.24. The minimum absolute atomic E-state index is 0.140. The predicted molar refractivity (Wildman–Crippen MR) is 79.1 cm³/mol. The summed E-state index contributed by atoms with van der Waals surface area (Å²) in [5, 5.41) is 2.77. The summed E-state index contributed by atoms with van der Waals surface area (Å²) < 4.78 is 4.81. The van der Waals surface area contributed by atoms with Crippen molar-refractivity contribution in [3.05, 3.63) is 39.8 Å². The molecule has 0 saturated heterocycles. The van der Waals surface area contributed by atoms with Crippen molar-refractivity contribution in [3.63, 3.8) is 0 Å². The zero-order valence-corrected chi connectivity index (χ0v) is 12.8. The molecule has 0 unspecified atom stereocenters. The van der Waals surface area contributed by atoms with Gasteiger partial charge >= 0.3 is 5.97 Å². The smallest absolute Gasteiger partial charge is 0.338 e. The van der Waals surface area contributed by atoms with Gasteiger partial charge in [-0.25, -0.2) is 4.79 Å². The maximum Gasteiger partial charge on any atom is 0.338 e. The Bertz CT molecular complexity index is 376. The quantitative estimate of drug-likeness (QED) is 0.576. The maximum absolute atomic E-state index is 11.0. The van der Waals surface area contributed by atoms with Crippen LogP contribution in [0.2, 0.25) is 0 Å². The summed E-state index contributed by atoms with van der Waals surface area (Å²) in [4.78, 5) is 21.0. The van der Waals surface area contributed by atoms with Crippen LogP contribution in [0.1, 0.15) is 63.0 Å². The van der Waals surface area contributed by atoms with Gasteiger partial charge < -0.3 is 4.74 Å². The number of nitrogens with zero attached hydrogens (tertiary/aromatic N) is 1. The van der Waals surface area contributed by atoms with Crippen molar-refractivity contribution >= 4 is 5.97 Å². The monoisotopic (exact) mass is 267 g/mol. The summed E-state index contributed by atoms with van der Waals surface area (Å²) in [6.07, 6.45) is 0. The van der Waals surface area contributed by atoms with E-state index in [9.17, 15) is 9.70 Å². The average molecular weight is 267 g/mol. The van der Waals surface area contributed by atoms with Crippen molar-refractivity contribution in [2.24, 2.45) is 5.18 Å². The van der Waals surface area contributed by atoms with Crippen LogP contribution >= 0.6 is 0 Å². The molecule has 0 bridgehead atoms. The van der Waals surface area contributed by atoms with Crippen molar-refractivity contribution in [3.8, 4) is 0 Å². The first-order chi connectivity index (χ1) is 9.31. The number of carbonyl (C=O) groups is 1. The molecule has 0 fully saturated rings. The number of esters is 1. The normalized spacial score (nSPS) is 10.3. The van der Waals surface area contributed by atoms with Crippen molar-refractivity contribution in [2.45, 2.75) is 54.7 Å². The van der Waals surface area contributed by atoms with E-state index in [0.29, 0.717) is 12.2 Å². The lowest BCUT2D eigenvalue weighted by molar-refractivity contribution is 0.0535. The number of cyclic esters (lactones) is 1. The molecular formula is C15H25NO3. The third-order valence-electron chi connectivity index (χ3n) is 2.00. The lowest BCUT2D eigenvalue weighted by Crippen LogP contribution is -1.93. The second-order valence-electron chi connectivity index (χ2n) is 2.85. The van der Waals surface area contributed by atoms with Gasteiger partial charge in [-0.2, -0.15) is 4.91 Å². The predicted octanol–water partition coefficient (Wildman–Crippen LogP) is 4.70. The highest BCUT2D eigenvalue weighted by Crippen LogP contribution is 2.21. The van der Waals surface area contributed by atoms with Crippen molar-refractivity contribution in [1.29, 1.82) is 0 Å². The van der Waals surface area contributed by atoms with E-state index in [1.54, 1.807) is 18.2 Å². The number of rotatable bonds is 2. The molecule has 0 aliphatic carbocycles. The molecule has 1 heterocycles. The third kappa shape index (κ3) is 6.13. The van der Waals surface area contributed by atoms with Gasteiger partial charge in [-0.05, 0) is 17.7 Å². The minimum Gasteiger partial charge on any atom is -0.457 e. The van der Waals surface area contributed by atoms with Crippen molar-refractivity contribution in [1.82, 2.24) is 0 Å². The van der Waals surface area contributed by atoms with Crippen LogP contribution in [0.3, 0.4) is 0 Å². The molecule has 0 atom stereocenters. The van der Waals surface area contributed by atoms with Crippen LogP contribution in [-0.4, -0.2) is 5.97 Å². The fourth-order valence-corrected chi connectivity index (χ4v) is 1.36. The van der Waals surface area contributed by atoms with Crippen LogP contribution < -0.4 is 0 Å². The Hall–Kier alpha value is -1.71. The number of hydrogen-bond donors (Lipinski definition) is 0. The van der Waals surface area contributed by atoms with Crippen LogP contribution in [0.4, 0.5) is 0 Å². The fourth-order valence-electron chi connectivity index (χ4n) is 1.36. The molecule has 0 radical (unpaired) electrons. The number of hydrogen-bond acceptors (Lipinski definition) is 4. The Morgan fingerprint density at radius 3 is 2.21 bits per heavy atom. The molecule has 0 N–H and O–H groups in total. The van der Waals surface area contributed by atoms with E-state index < -0.39 is 0 Å². The number of benzene rings is 1. The van der Waals surface area contributed by atoms with Crippen molar-refractivity contribution < 1.29 is 9.53 Å². The van der Waals surface area contributed by atoms with E-state index in [2.05, 4.69) is 5.18 Å². The highest BCUT2D eigenvalue weighted by atomic mass is 16.5. The van der Waals surface area contributed by atoms with Crippen LogP contribution in [0.5, 0.6) is 0 Å². The lowest BCUT2D eigenvalue weighted by atomic mass is 10.1. The number of nitroso groups, excluding NO2 is 1. The van der Waals surface area contributed by atoms with E-state index in [1.807, 2.05) is 41.5 Å². The van der Waals surface area contributed by atoms with Crippen LogP contribution in [0, 0.1) is 4.91 Å². The Morgan fingerprint density at radius 1 is 1.11 bits per heavy atom. The molecule has 1 aliphatic rings. The summed E-state index contributed by atoms with van der Waals surface area (Å²) in [6.45, 7) is 12.4. The number of carbonyl (C=O) groups excluding carboxylic acids is 1. The van der Waals surface area contributed by atoms with Crippen molar-refractivity contribution in [2.75, 3.05) is 0 Å². The first kappa shape index (κ1) is 19.6. The molecule has 1 aromatic rings. The Labute approximate surface area is 116 Å². The van der Waals surface area contributed by atoms with Gasteiger partial charge in [-0.1, -0.05) is 52.8 Å². The molecule has 19 heavy (non-hydrogen) atoms. The minimum atomic E-state index is -0.291. The van der Waals surface area contributed by atoms with E-state index in [-0.39, 0.29) is 12.5 Å². The van der Waals surface area contributed by atoms with Crippen LogP contribution in [0.25, 0.3) is 0 Å². The molecular weight excluding hydrogens is 242 g/mol. The molecule has 0 aromatic heterocycles. The summed E-state index contributed by atoms with van der Waals surface area (Å²) in [6, 6.07) is 5.17. The van der Waals surface area contributed by atoms with Gasteiger partial charge in [0.1, 0.15) is 13.2 Å². The topological polar surface area (TPSA) is 55.7 Å². The highest BCUT2D eigenvalue weighted by Gasteiger charge is 2.20. The molecule has 1 aromatic carbocycles. The standard InChI is InChI=1S/C9H7NO3.3C2H6/c11-9-8-2-1-6(4-10-12)3-7(8)5-13-9;3*1-2/h1-3H,4-5H2;3*1-2H3. The largest absolute Gasteiger partial charge is 0.457 e. The van der Waals surface area contributed by atoms with E-state index in [1.165, 1.54) is 0 Å². The number of fused-ring (bicyclic) bond motifs is 1. The van der Waals surface area contributed by atoms with Gasteiger partial charge in [0.25, 0.3) is 0 Å². The molecule has 2 rings (SSSR count).